The van der Waals surface area contributed by atoms with Crippen LogP contribution in [0.15, 0.2) is 27.6 Å². The number of hydrogen-bond acceptors (Lipinski definition) is 4. The summed E-state index contributed by atoms with van der Waals surface area (Å²) in [5.74, 6) is -0.134. The maximum Gasteiger partial charge on any atom is 0.240 e. The molecule has 4 N–H and O–H groups in total. The lowest BCUT2D eigenvalue weighted by atomic mass is 10.3. The van der Waals surface area contributed by atoms with Crippen LogP contribution in [0.2, 0.25) is 0 Å². The molecular formula is C12H16BrN3O3S. The van der Waals surface area contributed by atoms with Gasteiger partial charge in [0.2, 0.25) is 15.9 Å². The number of nitrogens with one attached hydrogen (secondary N) is 2. The van der Waals surface area contributed by atoms with Crippen molar-refractivity contribution in [1.29, 1.82) is 0 Å². The van der Waals surface area contributed by atoms with Crippen LogP contribution in [-0.4, -0.2) is 26.9 Å². The lowest BCUT2D eigenvalue weighted by Crippen LogP contribution is -2.31. The average Bonchev–Trinajstić information content (AvgIpc) is 3.16. The third-order valence-corrected chi connectivity index (χ3v) is 5.05. The number of sulfonamides is 1. The van der Waals surface area contributed by atoms with E-state index in [0.29, 0.717) is 10.2 Å². The molecule has 0 unspecified atom stereocenters. The van der Waals surface area contributed by atoms with Gasteiger partial charge in [-0.15, -0.1) is 0 Å². The molecule has 0 spiro atoms. The van der Waals surface area contributed by atoms with E-state index >= 15 is 0 Å². The molecule has 1 aromatic carbocycles. The van der Waals surface area contributed by atoms with Gasteiger partial charge in [0.1, 0.15) is 0 Å². The van der Waals surface area contributed by atoms with Crippen LogP contribution < -0.4 is 15.8 Å². The molecule has 0 radical (unpaired) electrons. The van der Waals surface area contributed by atoms with E-state index in [-0.39, 0.29) is 29.8 Å². The minimum atomic E-state index is -3.64. The molecule has 1 aliphatic carbocycles. The predicted molar refractivity (Wildman–Crippen MR) is 79.5 cm³/mol. The molecule has 1 aliphatic rings. The number of carbonyl (C=O) groups excluding carboxylic acids is 1. The lowest BCUT2D eigenvalue weighted by Gasteiger charge is -2.08. The smallest absolute Gasteiger partial charge is 0.240 e. The molecule has 0 atom stereocenters. The van der Waals surface area contributed by atoms with Gasteiger partial charge < -0.3 is 11.1 Å². The molecule has 0 aromatic heterocycles. The first-order valence-electron chi connectivity index (χ1n) is 6.22. The minimum absolute atomic E-state index is 0.0663. The molecule has 110 valence electrons. The quantitative estimate of drug-likeness (QED) is 0.657. The number of nitrogens with two attached hydrogens (primary N) is 1. The number of rotatable bonds is 6. The van der Waals surface area contributed by atoms with Gasteiger partial charge in [-0.1, -0.05) is 0 Å². The van der Waals surface area contributed by atoms with E-state index in [1.54, 1.807) is 6.07 Å². The van der Waals surface area contributed by atoms with Crippen LogP contribution in [0.5, 0.6) is 0 Å². The minimum Gasteiger partial charge on any atom is -0.398 e. The summed E-state index contributed by atoms with van der Waals surface area (Å²) in [5.41, 5.74) is 6.00. The number of nitrogen functional groups attached to an aromatic ring is 1. The fraction of sp³-hybridized carbons (Fsp3) is 0.417. The Balaban J connectivity index is 1.89. The van der Waals surface area contributed by atoms with Gasteiger partial charge in [-0.3, -0.25) is 4.79 Å². The summed E-state index contributed by atoms with van der Waals surface area (Å²) in [7, 11) is -3.64. The standard InChI is InChI=1S/C12H16BrN3O3S/c13-10-4-3-9(7-11(10)14)20(18,19)15-6-5-12(17)16-8-1-2-8/h3-4,7-8,15H,1-2,5-6,14H2,(H,16,17). The van der Waals surface area contributed by atoms with Crippen LogP contribution in [-0.2, 0) is 14.8 Å². The highest BCUT2D eigenvalue weighted by atomic mass is 79.9. The molecule has 8 heteroatoms. The maximum atomic E-state index is 12.0. The summed E-state index contributed by atoms with van der Waals surface area (Å²) in [6.07, 6.45) is 2.15. The predicted octanol–water partition coefficient (Wildman–Crippen LogP) is 0.978. The van der Waals surface area contributed by atoms with Gasteiger partial charge in [0.05, 0.1) is 4.90 Å². The van der Waals surface area contributed by atoms with Crippen molar-refractivity contribution in [2.45, 2.75) is 30.2 Å². The second-order valence-electron chi connectivity index (χ2n) is 4.67. The molecular weight excluding hydrogens is 346 g/mol. The van der Waals surface area contributed by atoms with Crippen molar-refractivity contribution >= 4 is 37.5 Å². The largest absolute Gasteiger partial charge is 0.398 e. The van der Waals surface area contributed by atoms with Gasteiger partial charge >= 0.3 is 0 Å². The molecule has 1 amide bonds. The Kier molecular flexibility index (Phi) is 4.66. The Morgan fingerprint density at radius 2 is 2.10 bits per heavy atom. The fourth-order valence-electron chi connectivity index (χ4n) is 1.60. The summed E-state index contributed by atoms with van der Waals surface area (Å²) in [6.45, 7) is 0.0663. The number of halogens is 1. The number of amides is 1. The average molecular weight is 362 g/mol. The highest BCUT2D eigenvalue weighted by molar-refractivity contribution is 9.10. The van der Waals surface area contributed by atoms with Crippen molar-refractivity contribution in [3.05, 3.63) is 22.7 Å². The van der Waals surface area contributed by atoms with E-state index in [1.165, 1.54) is 12.1 Å². The lowest BCUT2D eigenvalue weighted by molar-refractivity contribution is -0.121. The van der Waals surface area contributed by atoms with Crippen molar-refractivity contribution in [3.63, 3.8) is 0 Å². The van der Waals surface area contributed by atoms with Crippen LogP contribution in [0.3, 0.4) is 0 Å². The van der Waals surface area contributed by atoms with E-state index in [9.17, 15) is 13.2 Å². The molecule has 2 rings (SSSR count). The molecule has 1 fully saturated rings. The van der Waals surface area contributed by atoms with Crippen molar-refractivity contribution in [2.75, 3.05) is 12.3 Å². The maximum absolute atomic E-state index is 12.0. The first-order valence-corrected chi connectivity index (χ1v) is 8.50. The number of anilines is 1. The molecule has 0 aliphatic heterocycles. The first-order chi connectivity index (χ1) is 9.38. The topological polar surface area (TPSA) is 101 Å². The van der Waals surface area contributed by atoms with E-state index < -0.39 is 10.0 Å². The Bertz CT molecular complexity index is 614. The van der Waals surface area contributed by atoms with E-state index in [0.717, 1.165) is 12.8 Å². The monoisotopic (exact) mass is 361 g/mol. The first kappa shape index (κ1) is 15.3. The number of carbonyl (C=O) groups is 1. The van der Waals surface area contributed by atoms with Crippen molar-refractivity contribution in [2.24, 2.45) is 0 Å². The highest BCUT2D eigenvalue weighted by Gasteiger charge is 2.23. The van der Waals surface area contributed by atoms with E-state index in [1.807, 2.05) is 0 Å². The molecule has 20 heavy (non-hydrogen) atoms. The summed E-state index contributed by atoms with van der Waals surface area (Å²) in [6, 6.07) is 4.68. The summed E-state index contributed by atoms with van der Waals surface area (Å²) in [4.78, 5) is 11.5. The molecule has 0 bridgehead atoms. The van der Waals surface area contributed by atoms with Crippen LogP contribution >= 0.6 is 15.9 Å². The Morgan fingerprint density at radius 3 is 2.70 bits per heavy atom. The number of benzene rings is 1. The summed E-state index contributed by atoms with van der Waals surface area (Å²) >= 11 is 3.20. The number of hydrogen-bond donors (Lipinski definition) is 3. The Labute approximate surface area is 126 Å². The van der Waals surface area contributed by atoms with Gasteiger partial charge in [-0.2, -0.15) is 0 Å². The third-order valence-electron chi connectivity index (χ3n) is 2.86. The van der Waals surface area contributed by atoms with Crippen molar-refractivity contribution < 1.29 is 13.2 Å². The summed E-state index contributed by atoms with van der Waals surface area (Å²) in [5, 5.41) is 2.80. The van der Waals surface area contributed by atoms with Crippen molar-refractivity contribution in [3.8, 4) is 0 Å². The van der Waals surface area contributed by atoms with Crippen LogP contribution in [0, 0.1) is 0 Å². The van der Waals surface area contributed by atoms with E-state index in [2.05, 4.69) is 26.0 Å². The zero-order valence-electron chi connectivity index (χ0n) is 10.7. The molecule has 0 saturated heterocycles. The fourth-order valence-corrected chi connectivity index (χ4v) is 2.91. The third kappa shape index (κ3) is 4.19. The molecule has 1 aromatic rings. The van der Waals surface area contributed by atoms with Gasteiger partial charge in [0.25, 0.3) is 0 Å². The summed E-state index contributed by atoms with van der Waals surface area (Å²) < 4.78 is 27.0. The zero-order valence-corrected chi connectivity index (χ0v) is 13.1. The van der Waals surface area contributed by atoms with Gasteiger partial charge in [-0.25, -0.2) is 13.1 Å². The molecule has 1 saturated carbocycles. The highest BCUT2D eigenvalue weighted by Crippen LogP contribution is 2.22. The Morgan fingerprint density at radius 1 is 1.40 bits per heavy atom. The van der Waals surface area contributed by atoms with Crippen molar-refractivity contribution in [1.82, 2.24) is 10.0 Å². The molecule has 0 heterocycles. The second kappa shape index (κ2) is 6.11. The van der Waals surface area contributed by atoms with Gasteiger partial charge in [0, 0.05) is 29.2 Å². The normalized spacial score (nSPS) is 15.1. The SMILES string of the molecule is Nc1cc(S(=O)(=O)NCCC(=O)NC2CC2)ccc1Br. The van der Waals surface area contributed by atoms with Crippen LogP contribution in [0.4, 0.5) is 5.69 Å². The Hall–Kier alpha value is -1.12. The van der Waals surface area contributed by atoms with Crippen LogP contribution in [0.25, 0.3) is 0 Å². The second-order valence-corrected chi connectivity index (χ2v) is 7.29. The van der Waals surface area contributed by atoms with Gasteiger partial charge in [0.15, 0.2) is 0 Å². The molecule has 6 nitrogen and oxygen atoms in total. The van der Waals surface area contributed by atoms with Crippen LogP contribution in [0.1, 0.15) is 19.3 Å². The van der Waals surface area contributed by atoms with E-state index in [4.69, 9.17) is 5.73 Å². The zero-order chi connectivity index (χ0) is 14.8. The van der Waals surface area contributed by atoms with Gasteiger partial charge in [-0.05, 0) is 47.0 Å².